The van der Waals surface area contributed by atoms with Gasteiger partial charge >= 0.3 is 12.1 Å². The van der Waals surface area contributed by atoms with Crippen LogP contribution in [0.15, 0.2) is 36.7 Å². The van der Waals surface area contributed by atoms with Crippen molar-refractivity contribution in [3.8, 4) is 0 Å². The molecule has 1 aliphatic heterocycles. The minimum Gasteiger partial charge on any atom is -0.475 e. The molecular weight excluding hydrogens is 525 g/mol. The van der Waals surface area contributed by atoms with Crippen LogP contribution < -0.4 is 10.2 Å². The first-order chi connectivity index (χ1) is 18.2. The van der Waals surface area contributed by atoms with Crippen molar-refractivity contribution < 1.29 is 27.8 Å². The van der Waals surface area contributed by atoms with Crippen molar-refractivity contribution in [2.24, 2.45) is 0 Å². The summed E-state index contributed by atoms with van der Waals surface area (Å²) in [6.45, 7) is 3.94. The van der Waals surface area contributed by atoms with Crippen LogP contribution in [0, 0.1) is 0 Å². The van der Waals surface area contributed by atoms with E-state index in [0.29, 0.717) is 17.6 Å². The topological polar surface area (TPSA) is 108 Å². The van der Waals surface area contributed by atoms with Crippen LogP contribution >= 0.6 is 11.6 Å². The van der Waals surface area contributed by atoms with Gasteiger partial charge in [-0.15, -0.1) is 0 Å². The standard InChI is InChI=1S/C23H25ClN6O.C2HF3O2/c24-15-4-5-18-19(10-15)28-22(27-18)13-25-20-11-17(29-6-8-31-9-7-29)12-21-23(20)26-14-30(21)16-2-1-3-16;3-2(4,5)1(6)7/h4-5,10-12,14,16,25H,1-3,6-9,13H2,(H,27,28);(H,6,7). The first kappa shape index (κ1) is 26.1. The molecule has 2 aromatic heterocycles. The summed E-state index contributed by atoms with van der Waals surface area (Å²) < 4.78 is 39.7. The molecule has 0 bridgehead atoms. The van der Waals surface area contributed by atoms with Crippen LogP contribution in [0.25, 0.3) is 22.1 Å². The number of nitrogens with one attached hydrogen (secondary N) is 2. The number of halogens is 4. The van der Waals surface area contributed by atoms with Gasteiger partial charge in [-0.25, -0.2) is 14.8 Å². The molecular formula is C25H26ClF3N6O3. The van der Waals surface area contributed by atoms with Gasteiger partial charge in [0.05, 0.1) is 48.3 Å². The summed E-state index contributed by atoms with van der Waals surface area (Å²) in [6, 6.07) is 10.8. The normalized spacial score (nSPS) is 16.3. The number of benzene rings is 2. The largest absolute Gasteiger partial charge is 0.490 e. The molecule has 6 rings (SSSR count). The van der Waals surface area contributed by atoms with E-state index in [1.165, 1.54) is 30.5 Å². The van der Waals surface area contributed by atoms with Crippen LogP contribution in [0.3, 0.4) is 0 Å². The Morgan fingerprint density at radius 1 is 1.21 bits per heavy atom. The molecule has 0 atom stereocenters. The number of rotatable bonds is 5. The molecule has 3 N–H and O–H groups in total. The summed E-state index contributed by atoms with van der Waals surface area (Å²) in [4.78, 5) is 24.1. The van der Waals surface area contributed by atoms with E-state index in [4.69, 9.17) is 31.2 Å². The van der Waals surface area contributed by atoms with E-state index in [1.54, 1.807) is 0 Å². The minimum absolute atomic E-state index is 0.568. The van der Waals surface area contributed by atoms with Crippen molar-refractivity contribution in [3.63, 3.8) is 0 Å². The zero-order valence-electron chi connectivity index (χ0n) is 20.3. The molecule has 1 aliphatic carbocycles. The quantitative estimate of drug-likeness (QED) is 0.306. The molecule has 9 nitrogen and oxygen atoms in total. The third-order valence-electron chi connectivity index (χ3n) is 6.69. The Balaban J connectivity index is 0.000000374. The van der Waals surface area contributed by atoms with E-state index in [9.17, 15) is 13.2 Å². The molecule has 4 aromatic rings. The number of carbonyl (C=O) groups is 1. The summed E-state index contributed by atoms with van der Waals surface area (Å²) >= 11 is 6.11. The Morgan fingerprint density at radius 3 is 2.61 bits per heavy atom. The number of carboxylic acids is 1. The molecule has 0 unspecified atom stereocenters. The van der Waals surface area contributed by atoms with E-state index in [1.807, 2.05) is 24.5 Å². The fourth-order valence-corrected chi connectivity index (χ4v) is 4.68. The molecule has 1 saturated heterocycles. The van der Waals surface area contributed by atoms with Gasteiger partial charge < -0.3 is 29.6 Å². The fourth-order valence-electron chi connectivity index (χ4n) is 4.51. The van der Waals surface area contributed by atoms with E-state index in [2.05, 4.69) is 36.9 Å². The number of aromatic amines is 1. The third kappa shape index (κ3) is 5.65. The second-order valence-electron chi connectivity index (χ2n) is 9.20. The number of carboxylic acid groups (broad SMARTS) is 1. The molecule has 38 heavy (non-hydrogen) atoms. The van der Waals surface area contributed by atoms with Gasteiger partial charge in [-0.3, -0.25) is 0 Å². The molecule has 202 valence electrons. The number of imidazole rings is 2. The van der Waals surface area contributed by atoms with Crippen molar-refractivity contribution in [1.29, 1.82) is 0 Å². The number of morpholine rings is 1. The maximum Gasteiger partial charge on any atom is 0.490 e. The van der Waals surface area contributed by atoms with Gasteiger partial charge in [0, 0.05) is 29.8 Å². The second-order valence-corrected chi connectivity index (χ2v) is 9.63. The van der Waals surface area contributed by atoms with Crippen LogP contribution in [0.5, 0.6) is 0 Å². The number of anilines is 2. The molecule has 0 amide bonds. The highest BCUT2D eigenvalue weighted by Crippen LogP contribution is 2.37. The first-order valence-corrected chi connectivity index (χ1v) is 12.6. The van der Waals surface area contributed by atoms with E-state index >= 15 is 0 Å². The van der Waals surface area contributed by atoms with Crippen molar-refractivity contribution in [2.75, 3.05) is 36.5 Å². The Hall–Kier alpha value is -3.51. The van der Waals surface area contributed by atoms with Gasteiger partial charge in [0.15, 0.2) is 0 Å². The van der Waals surface area contributed by atoms with Crippen molar-refractivity contribution >= 4 is 51.0 Å². The average molecular weight is 551 g/mol. The maximum absolute atomic E-state index is 10.6. The van der Waals surface area contributed by atoms with Gasteiger partial charge in [-0.2, -0.15) is 13.2 Å². The van der Waals surface area contributed by atoms with E-state index < -0.39 is 12.1 Å². The molecule has 0 spiro atoms. The number of fused-ring (bicyclic) bond motifs is 2. The van der Waals surface area contributed by atoms with Crippen LogP contribution in [0.4, 0.5) is 24.5 Å². The molecule has 3 heterocycles. The zero-order valence-corrected chi connectivity index (χ0v) is 21.0. The van der Waals surface area contributed by atoms with Crippen LogP contribution in [-0.4, -0.2) is 63.1 Å². The summed E-state index contributed by atoms with van der Waals surface area (Å²) in [5, 5.41) is 11.4. The summed E-state index contributed by atoms with van der Waals surface area (Å²) in [5.41, 5.74) is 6.34. The lowest BCUT2D eigenvalue weighted by Gasteiger charge is -2.30. The number of hydrogen-bond donors (Lipinski definition) is 3. The van der Waals surface area contributed by atoms with Gasteiger partial charge in [0.25, 0.3) is 0 Å². The number of hydrogen-bond acceptors (Lipinski definition) is 6. The van der Waals surface area contributed by atoms with Gasteiger partial charge in [0.1, 0.15) is 11.3 Å². The van der Waals surface area contributed by atoms with Crippen LogP contribution in [0.1, 0.15) is 31.1 Å². The average Bonchev–Trinajstić information content (AvgIpc) is 3.45. The van der Waals surface area contributed by atoms with Gasteiger partial charge in [0.2, 0.25) is 0 Å². The summed E-state index contributed by atoms with van der Waals surface area (Å²) in [6.07, 6.45) is 0.690. The highest BCUT2D eigenvalue weighted by Gasteiger charge is 2.38. The SMILES string of the molecule is Clc1ccc2nc(CNc3cc(N4CCOCC4)cc4c3ncn4C3CCC3)[nH]c2c1.O=C(O)C(F)(F)F. The lowest BCUT2D eigenvalue weighted by Crippen LogP contribution is -2.36. The highest BCUT2D eigenvalue weighted by atomic mass is 35.5. The smallest absolute Gasteiger partial charge is 0.475 e. The number of aliphatic carboxylic acids is 1. The Labute approximate surface area is 220 Å². The monoisotopic (exact) mass is 550 g/mol. The fraction of sp³-hybridized carbons (Fsp3) is 0.400. The predicted octanol–water partition coefficient (Wildman–Crippen LogP) is 5.37. The zero-order chi connectivity index (χ0) is 26.9. The summed E-state index contributed by atoms with van der Waals surface area (Å²) in [5.74, 6) is -1.88. The third-order valence-corrected chi connectivity index (χ3v) is 6.93. The molecule has 0 radical (unpaired) electrons. The number of nitrogens with zero attached hydrogens (tertiary/aromatic N) is 4. The highest BCUT2D eigenvalue weighted by molar-refractivity contribution is 6.31. The molecule has 2 fully saturated rings. The molecule has 2 aromatic carbocycles. The lowest BCUT2D eigenvalue weighted by molar-refractivity contribution is -0.192. The number of alkyl halides is 3. The van der Waals surface area contributed by atoms with Crippen LogP contribution in [-0.2, 0) is 16.1 Å². The Bertz CT molecular complexity index is 1440. The number of H-pyrrole nitrogens is 1. The first-order valence-electron chi connectivity index (χ1n) is 12.2. The molecule has 1 saturated carbocycles. The van der Waals surface area contributed by atoms with Crippen molar-refractivity contribution in [2.45, 2.75) is 38.0 Å². The lowest BCUT2D eigenvalue weighted by atomic mass is 9.93. The van der Waals surface area contributed by atoms with E-state index in [0.717, 1.165) is 54.4 Å². The van der Waals surface area contributed by atoms with Crippen molar-refractivity contribution in [1.82, 2.24) is 19.5 Å². The number of ether oxygens (including phenoxy) is 1. The molecule has 13 heteroatoms. The molecule has 2 aliphatic rings. The Kier molecular flexibility index (Phi) is 7.35. The Morgan fingerprint density at radius 2 is 1.95 bits per heavy atom. The maximum atomic E-state index is 10.6. The second kappa shape index (κ2) is 10.7. The predicted molar refractivity (Wildman–Crippen MR) is 138 cm³/mol. The van der Waals surface area contributed by atoms with E-state index in [-0.39, 0.29) is 0 Å². The summed E-state index contributed by atoms with van der Waals surface area (Å²) in [7, 11) is 0. The van der Waals surface area contributed by atoms with Crippen molar-refractivity contribution in [3.05, 3.63) is 47.5 Å². The van der Waals surface area contributed by atoms with Crippen LogP contribution in [0.2, 0.25) is 5.02 Å². The minimum atomic E-state index is -5.08. The number of aromatic nitrogens is 4. The van der Waals surface area contributed by atoms with Gasteiger partial charge in [-0.1, -0.05) is 11.6 Å². The van der Waals surface area contributed by atoms with Gasteiger partial charge in [-0.05, 0) is 49.6 Å².